The van der Waals surface area contributed by atoms with E-state index in [2.05, 4.69) is 20.8 Å². The van der Waals surface area contributed by atoms with Gasteiger partial charge >= 0.3 is 0 Å². The van der Waals surface area contributed by atoms with Gasteiger partial charge in [-0.2, -0.15) is 0 Å². The maximum Gasteiger partial charge on any atom is 0.150 e. The Bertz CT molecular complexity index is 395. The van der Waals surface area contributed by atoms with Gasteiger partial charge in [-0.1, -0.05) is 0 Å². The van der Waals surface area contributed by atoms with Crippen molar-refractivity contribution in [1.29, 1.82) is 0 Å². The van der Waals surface area contributed by atoms with Crippen LogP contribution in [0.1, 0.15) is 23.2 Å². The van der Waals surface area contributed by atoms with Gasteiger partial charge in [0.1, 0.15) is 6.29 Å². The Balaban J connectivity index is 2.22. The Hall–Kier alpha value is -0.870. The third-order valence-corrected chi connectivity index (χ3v) is 3.48. The summed E-state index contributed by atoms with van der Waals surface area (Å²) >= 11 is 3.46. The van der Waals surface area contributed by atoms with Crippen molar-refractivity contribution in [3.8, 4) is 0 Å². The molecule has 0 saturated carbocycles. The summed E-state index contributed by atoms with van der Waals surface area (Å²) in [6.07, 6.45) is 2.47. The molecule has 2 rings (SSSR count). The number of nitrogens with zero attached hydrogens (tertiary/aromatic N) is 1. The highest BCUT2D eigenvalue weighted by molar-refractivity contribution is 9.10. The van der Waals surface area contributed by atoms with Crippen LogP contribution in [0.5, 0.6) is 0 Å². The summed E-state index contributed by atoms with van der Waals surface area (Å²) in [4.78, 5) is 12.8. The molecule has 1 fully saturated rings. The van der Waals surface area contributed by atoms with Crippen LogP contribution in [0.4, 0.5) is 5.69 Å². The lowest BCUT2D eigenvalue weighted by Gasteiger charge is -2.32. The van der Waals surface area contributed by atoms with E-state index in [9.17, 15) is 9.90 Å². The molecule has 1 unspecified atom stereocenters. The quantitative estimate of drug-likeness (QED) is 0.847. The van der Waals surface area contributed by atoms with Crippen LogP contribution in [-0.2, 0) is 0 Å². The molecule has 1 aliphatic heterocycles. The van der Waals surface area contributed by atoms with E-state index >= 15 is 0 Å². The number of aliphatic hydroxyl groups is 1. The van der Waals surface area contributed by atoms with Crippen LogP contribution < -0.4 is 4.90 Å². The molecule has 0 amide bonds. The molecule has 1 atom stereocenters. The molecule has 4 heteroatoms. The summed E-state index contributed by atoms with van der Waals surface area (Å²) in [5.41, 5.74) is 1.71. The van der Waals surface area contributed by atoms with Gasteiger partial charge in [-0.05, 0) is 47.0 Å². The number of aldehydes is 1. The molecule has 0 aliphatic carbocycles. The number of hydrogen-bond acceptors (Lipinski definition) is 3. The van der Waals surface area contributed by atoms with Crippen LogP contribution in [0.15, 0.2) is 22.7 Å². The minimum atomic E-state index is -0.244. The Labute approximate surface area is 103 Å². The Kier molecular flexibility index (Phi) is 3.61. The SMILES string of the molecule is O=Cc1ccc(N2CCCC(O)C2)c(Br)c1. The van der Waals surface area contributed by atoms with Crippen LogP contribution >= 0.6 is 15.9 Å². The number of rotatable bonds is 2. The van der Waals surface area contributed by atoms with Crippen LogP contribution in [-0.4, -0.2) is 30.6 Å². The maximum absolute atomic E-state index is 10.6. The third kappa shape index (κ3) is 2.44. The summed E-state index contributed by atoms with van der Waals surface area (Å²) in [6.45, 7) is 1.62. The monoisotopic (exact) mass is 283 g/mol. The number of β-amino-alcohol motifs (C(OH)–C–C–N with tert-alkyl or cyclic N) is 1. The second-order valence-electron chi connectivity index (χ2n) is 4.07. The van der Waals surface area contributed by atoms with Gasteiger partial charge in [0, 0.05) is 23.1 Å². The van der Waals surface area contributed by atoms with Crippen LogP contribution in [0.25, 0.3) is 0 Å². The molecular weight excluding hydrogens is 270 g/mol. The van der Waals surface area contributed by atoms with Crippen molar-refractivity contribution < 1.29 is 9.90 Å². The fraction of sp³-hybridized carbons (Fsp3) is 0.417. The summed E-state index contributed by atoms with van der Waals surface area (Å²) in [6, 6.07) is 5.53. The van der Waals surface area contributed by atoms with Crippen molar-refractivity contribution in [3.63, 3.8) is 0 Å². The van der Waals surface area contributed by atoms with E-state index in [1.165, 1.54) is 0 Å². The largest absolute Gasteiger partial charge is 0.391 e. The molecule has 16 heavy (non-hydrogen) atoms. The number of carbonyl (C=O) groups excluding carboxylic acids is 1. The molecular formula is C12H14BrNO2. The zero-order valence-corrected chi connectivity index (χ0v) is 10.5. The van der Waals surface area contributed by atoms with Crippen molar-refractivity contribution >= 4 is 27.9 Å². The maximum atomic E-state index is 10.6. The molecule has 1 aromatic carbocycles. The zero-order chi connectivity index (χ0) is 11.5. The van der Waals surface area contributed by atoms with Gasteiger partial charge in [0.15, 0.2) is 0 Å². The molecule has 0 radical (unpaired) electrons. The number of piperidine rings is 1. The molecule has 0 aromatic heterocycles. The molecule has 3 nitrogen and oxygen atoms in total. The first kappa shape index (κ1) is 11.6. The standard InChI is InChI=1S/C12H14BrNO2/c13-11-6-9(8-15)3-4-12(11)14-5-1-2-10(16)7-14/h3-4,6,8,10,16H,1-2,5,7H2. The van der Waals surface area contributed by atoms with Gasteiger partial charge in [-0.15, -0.1) is 0 Å². The number of carbonyl (C=O) groups is 1. The molecule has 1 N–H and O–H groups in total. The van der Waals surface area contributed by atoms with E-state index in [0.717, 1.165) is 35.8 Å². The van der Waals surface area contributed by atoms with Gasteiger partial charge in [-0.25, -0.2) is 0 Å². The summed E-state index contributed by atoms with van der Waals surface area (Å²) in [5.74, 6) is 0. The van der Waals surface area contributed by atoms with E-state index in [1.54, 1.807) is 6.07 Å². The van der Waals surface area contributed by atoms with Crippen molar-refractivity contribution in [2.24, 2.45) is 0 Å². The first-order chi connectivity index (χ1) is 7.70. The first-order valence-electron chi connectivity index (χ1n) is 5.38. The topological polar surface area (TPSA) is 40.5 Å². The fourth-order valence-electron chi connectivity index (χ4n) is 2.03. The zero-order valence-electron chi connectivity index (χ0n) is 8.90. The fourth-order valence-corrected chi connectivity index (χ4v) is 2.67. The average Bonchev–Trinajstić information content (AvgIpc) is 2.28. The lowest BCUT2D eigenvalue weighted by Crippen LogP contribution is -2.38. The van der Waals surface area contributed by atoms with E-state index in [1.807, 2.05) is 12.1 Å². The van der Waals surface area contributed by atoms with Crippen molar-refractivity contribution in [2.45, 2.75) is 18.9 Å². The highest BCUT2D eigenvalue weighted by Gasteiger charge is 2.19. The van der Waals surface area contributed by atoms with Crippen molar-refractivity contribution in [3.05, 3.63) is 28.2 Å². The van der Waals surface area contributed by atoms with E-state index in [-0.39, 0.29) is 6.10 Å². The van der Waals surface area contributed by atoms with Gasteiger partial charge in [-0.3, -0.25) is 4.79 Å². The third-order valence-electron chi connectivity index (χ3n) is 2.85. The van der Waals surface area contributed by atoms with Crippen molar-refractivity contribution in [1.82, 2.24) is 0 Å². The van der Waals surface area contributed by atoms with Gasteiger partial charge in [0.05, 0.1) is 11.8 Å². The predicted molar refractivity (Wildman–Crippen MR) is 67.0 cm³/mol. The normalized spacial score (nSPS) is 20.9. The highest BCUT2D eigenvalue weighted by atomic mass is 79.9. The summed E-state index contributed by atoms with van der Waals surface area (Å²) in [5, 5.41) is 9.62. The number of halogens is 1. The van der Waals surface area contributed by atoms with Gasteiger partial charge in [0.25, 0.3) is 0 Å². The van der Waals surface area contributed by atoms with E-state index in [0.29, 0.717) is 12.1 Å². The summed E-state index contributed by atoms with van der Waals surface area (Å²) in [7, 11) is 0. The predicted octanol–water partition coefficient (Wildman–Crippen LogP) is 2.22. The molecule has 0 bridgehead atoms. The lowest BCUT2D eigenvalue weighted by atomic mass is 10.1. The molecule has 1 aliphatic rings. The average molecular weight is 284 g/mol. The highest BCUT2D eigenvalue weighted by Crippen LogP contribution is 2.29. The number of aliphatic hydroxyl groups excluding tert-OH is 1. The Morgan fingerprint density at radius 1 is 1.50 bits per heavy atom. The number of benzene rings is 1. The number of hydrogen-bond donors (Lipinski definition) is 1. The molecule has 1 heterocycles. The van der Waals surface area contributed by atoms with Crippen LogP contribution in [0.2, 0.25) is 0 Å². The molecule has 86 valence electrons. The van der Waals surface area contributed by atoms with Gasteiger partial charge in [0.2, 0.25) is 0 Å². The molecule has 1 aromatic rings. The lowest BCUT2D eigenvalue weighted by molar-refractivity contribution is 0.112. The van der Waals surface area contributed by atoms with Crippen LogP contribution in [0, 0.1) is 0 Å². The second kappa shape index (κ2) is 4.97. The van der Waals surface area contributed by atoms with Gasteiger partial charge < -0.3 is 10.0 Å². The number of anilines is 1. The Morgan fingerprint density at radius 2 is 2.31 bits per heavy atom. The molecule has 1 saturated heterocycles. The Morgan fingerprint density at radius 3 is 2.94 bits per heavy atom. The second-order valence-corrected chi connectivity index (χ2v) is 4.93. The smallest absolute Gasteiger partial charge is 0.150 e. The van der Waals surface area contributed by atoms with Crippen LogP contribution in [0.3, 0.4) is 0 Å². The van der Waals surface area contributed by atoms with E-state index in [4.69, 9.17) is 0 Å². The first-order valence-corrected chi connectivity index (χ1v) is 6.18. The van der Waals surface area contributed by atoms with Crippen molar-refractivity contribution in [2.75, 3.05) is 18.0 Å². The molecule has 0 spiro atoms. The minimum absolute atomic E-state index is 0.244. The van der Waals surface area contributed by atoms with E-state index < -0.39 is 0 Å². The minimum Gasteiger partial charge on any atom is -0.391 e. The summed E-state index contributed by atoms with van der Waals surface area (Å²) < 4.78 is 0.909.